The van der Waals surface area contributed by atoms with Crippen molar-refractivity contribution in [2.75, 3.05) is 5.32 Å². The Hall–Kier alpha value is -2.68. The maximum Gasteiger partial charge on any atom is 0.407 e. The van der Waals surface area contributed by atoms with E-state index in [9.17, 15) is 4.79 Å². The maximum absolute atomic E-state index is 11.8. The fourth-order valence-corrected chi connectivity index (χ4v) is 4.09. The Morgan fingerprint density at radius 3 is 3.11 bits per heavy atom. The molecular weight excluding hydrogens is 364 g/mol. The number of carbonyl (C=O) groups excluding carboxylic acids is 1. The molecule has 0 unspecified atom stereocenters. The molecule has 8 nitrogen and oxygen atoms in total. The molecule has 1 aliphatic carbocycles. The first-order valence-corrected chi connectivity index (χ1v) is 9.94. The molecule has 4 rings (SSSR count). The van der Waals surface area contributed by atoms with Crippen molar-refractivity contribution in [1.29, 1.82) is 0 Å². The molecule has 3 N–H and O–H groups in total. The first-order chi connectivity index (χ1) is 13.1. The fraction of sp³-hybridized carbons (Fsp3) is 0.444. The zero-order valence-electron chi connectivity index (χ0n) is 15.2. The van der Waals surface area contributed by atoms with Crippen LogP contribution in [0.1, 0.15) is 44.7 Å². The van der Waals surface area contributed by atoms with Gasteiger partial charge in [0.05, 0.1) is 15.7 Å². The van der Waals surface area contributed by atoms with Crippen LogP contribution in [0.15, 0.2) is 23.8 Å². The van der Waals surface area contributed by atoms with Gasteiger partial charge in [0.2, 0.25) is 0 Å². The van der Waals surface area contributed by atoms with Gasteiger partial charge in [0, 0.05) is 29.9 Å². The van der Waals surface area contributed by atoms with Crippen LogP contribution in [0.5, 0.6) is 0 Å². The lowest BCUT2D eigenvalue weighted by Crippen LogP contribution is -2.33. The first kappa shape index (κ1) is 17.7. The van der Waals surface area contributed by atoms with E-state index in [1.54, 1.807) is 17.5 Å². The fourth-order valence-electron chi connectivity index (χ4n) is 3.36. The minimum absolute atomic E-state index is 0.0546. The number of H-pyrrole nitrogens is 1. The van der Waals surface area contributed by atoms with Crippen molar-refractivity contribution in [3.8, 4) is 0 Å². The Balaban J connectivity index is 1.38. The van der Waals surface area contributed by atoms with E-state index < -0.39 is 0 Å². The van der Waals surface area contributed by atoms with Gasteiger partial charge in [-0.25, -0.2) is 14.8 Å². The lowest BCUT2D eigenvalue weighted by atomic mass is 10.0. The number of thiazole rings is 1. The van der Waals surface area contributed by atoms with Crippen LogP contribution in [0.2, 0.25) is 0 Å². The lowest BCUT2D eigenvalue weighted by molar-refractivity contribution is 0.0981. The molecule has 0 spiro atoms. The molecule has 3 heterocycles. The topological polar surface area (TPSA) is 105 Å². The van der Waals surface area contributed by atoms with Gasteiger partial charge in [-0.05, 0) is 39.2 Å². The van der Waals surface area contributed by atoms with Gasteiger partial charge in [-0.1, -0.05) is 0 Å². The zero-order valence-corrected chi connectivity index (χ0v) is 16.0. The van der Waals surface area contributed by atoms with Crippen LogP contribution in [0.3, 0.4) is 0 Å². The second-order valence-electron chi connectivity index (χ2n) is 7.03. The number of hydrogen-bond acceptors (Lipinski definition) is 7. The van der Waals surface area contributed by atoms with Crippen LogP contribution in [0.25, 0.3) is 10.2 Å². The Morgan fingerprint density at radius 2 is 2.26 bits per heavy atom. The summed E-state index contributed by atoms with van der Waals surface area (Å²) in [7, 11) is 0. The van der Waals surface area contributed by atoms with E-state index in [1.165, 1.54) is 0 Å². The van der Waals surface area contributed by atoms with Crippen LogP contribution in [0.4, 0.5) is 16.4 Å². The number of aromatic amines is 1. The van der Waals surface area contributed by atoms with Gasteiger partial charge in [-0.3, -0.25) is 5.10 Å². The smallest absolute Gasteiger partial charge is 0.407 e. The van der Waals surface area contributed by atoms with E-state index in [0.717, 1.165) is 46.8 Å². The van der Waals surface area contributed by atoms with Crippen molar-refractivity contribution in [3.63, 3.8) is 0 Å². The van der Waals surface area contributed by atoms with Crippen LogP contribution in [-0.2, 0) is 4.74 Å². The second-order valence-corrected chi connectivity index (χ2v) is 7.88. The number of amides is 1. The first-order valence-electron chi connectivity index (χ1n) is 9.06. The molecule has 9 heteroatoms. The molecule has 1 saturated carbocycles. The lowest BCUT2D eigenvalue weighted by Gasteiger charge is -2.14. The quantitative estimate of drug-likeness (QED) is 0.614. The van der Waals surface area contributed by atoms with Gasteiger partial charge in [-0.2, -0.15) is 5.10 Å². The Labute approximate surface area is 160 Å². The summed E-state index contributed by atoms with van der Waals surface area (Å²) in [5, 5.41) is 13.5. The summed E-state index contributed by atoms with van der Waals surface area (Å²) in [5.74, 6) is 1.78. The molecule has 1 fully saturated rings. The monoisotopic (exact) mass is 386 g/mol. The zero-order chi connectivity index (χ0) is 18.8. The predicted octanol–water partition coefficient (Wildman–Crippen LogP) is 3.93. The van der Waals surface area contributed by atoms with Gasteiger partial charge >= 0.3 is 6.09 Å². The summed E-state index contributed by atoms with van der Waals surface area (Å²) in [5.41, 5.74) is 3.77. The van der Waals surface area contributed by atoms with Gasteiger partial charge in [-0.15, -0.1) is 11.3 Å². The summed E-state index contributed by atoms with van der Waals surface area (Å²) in [4.78, 5) is 20.5. The molecule has 0 radical (unpaired) electrons. The van der Waals surface area contributed by atoms with Crippen LogP contribution in [0, 0.1) is 0 Å². The molecule has 0 saturated heterocycles. The van der Waals surface area contributed by atoms with Gasteiger partial charge in [0.15, 0.2) is 11.6 Å². The van der Waals surface area contributed by atoms with Crippen molar-refractivity contribution in [1.82, 2.24) is 25.5 Å². The molecule has 0 bridgehead atoms. The second kappa shape index (κ2) is 7.51. The number of alkyl carbamates (subject to hydrolysis) is 1. The third-order valence-corrected chi connectivity index (χ3v) is 5.44. The van der Waals surface area contributed by atoms with Crippen LogP contribution < -0.4 is 10.6 Å². The molecule has 1 aliphatic rings. The van der Waals surface area contributed by atoms with Crippen molar-refractivity contribution in [3.05, 3.63) is 29.5 Å². The van der Waals surface area contributed by atoms with E-state index in [-0.39, 0.29) is 18.2 Å². The minimum Gasteiger partial charge on any atom is -0.446 e. The largest absolute Gasteiger partial charge is 0.446 e. The minimum atomic E-state index is -0.341. The number of nitrogens with one attached hydrogen (secondary N) is 3. The van der Waals surface area contributed by atoms with E-state index >= 15 is 0 Å². The number of hydrogen-bond donors (Lipinski definition) is 3. The highest BCUT2D eigenvalue weighted by Crippen LogP contribution is 2.36. The Kier molecular flexibility index (Phi) is 4.93. The number of carbonyl (C=O) groups is 1. The molecular formula is C18H22N6O2S. The summed E-state index contributed by atoms with van der Waals surface area (Å²) < 4.78 is 6.51. The van der Waals surface area contributed by atoms with Crippen molar-refractivity contribution in [2.24, 2.45) is 0 Å². The molecule has 27 heavy (non-hydrogen) atoms. The van der Waals surface area contributed by atoms with Gasteiger partial charge < -0.3 is 15.4 Å². The van der Waals surface area contributed by atoms with E-state index in [2.05, 4.69) is 30.8 Å². The van der Waals surface area contributed by atoms with Crippen molar-refractivity contribution >= 4 is 39.3 Å². The normalized spacial score (nSPS) is 19.5. The van der Waals surface area contributed by atoms with Gasteiger partial charge in [0.1, 0.15) is 6.10 Å². The number of nitrogens with zero attached hydrogens (tertiary/aromatic N) is 3. The number of anilines is 2. The van der Waals surface area contributed by atoms with E-state index in [4.69, 9.17) is 4.74 Å². The molecule has 142 valence electrons. The molecule has 3 aromatic rings. The number of fused-ring (bicyclic) bond motifs is 1. The third-order valence-electron chi connectivity index (χ3n) is 4.59. The molecule has 3 aromatic heterocycles. The number of pyridine rings is 1. The van der Waals surface area contributed by atoms with Crippen LogP contribution >= 0.6 is 11.3 Å². The predicted molar refractivity (Wildman–Crippen MR) is 104 cm³/mol. The maximum atomic E-state index is 11.8. The molecule has 0 aliphatic heterocycles. The Morgan fingerprint density at radius 1 is 1.37 bits per heavy atom. The standard InChI is InChI=1S/C18H22N6O2S/c1-10(2)21-18(25)26-12-4-3-11(7-12)14-8-15(24-23-14)22-17-16-13(5-6-19-17)20-9-27-16/h5-6,8-12H,3-4,7H2,1-2H3,(H,21,25)(H2,19,22,23,24)/t11-,12+/m0/s1. The number of rotatable bonds is 5. The number of aromatic nitrogens is 4. The Bertz CT molecular complexity index is 937. The molecule has 1 amide bonds. The van der Waals surface area contributed by atoms with Crippen LogP contribution in [-0.4, -0.2) is 38.4 Å². The highest BCUT2D eigenvalue weighted by Gasteiger charge is 2.30. The summed E-state index contributed by atoms with van der Waals surface area (Å²) in [6, 6.07) is 3.97. The SMILES string of the molecule is CC(C)NC(=O)O[C@@H]1CC[C@H](c2cc(Nc3nccc4ncsc34)n[nH]2)C1. The summed E-state index contributed by atoms with van der Waals surface area (Å²) in [6.07, 6.45) is 3.96. The van der Waals surface area contributed by atoms with E-state index in [0.29, 0.717) is 5.92 Å². The molecule has 2 atom stereocenters. The summed E-state index contributed by atoms with van der Waals surface area (Å²) in [6.45, 7) is 3.83. The average molecular weight is 386 g/mol. The number of ether oxygens (including phenoxy) is 1. The molecule has 0 aromatic carbocycles. The third kappa shape index (κ3) is 4.02. The van der Waals surface area contributed by atoms with Crippen molar-refractivity contribution in [2.45, 2.75) is 51.2 Å². The van der Waals surface area contributed by atoms with Crippen molar-refractivity contribution < 1.29 is 9.53 Å². The van der Waals surface area contributed by atoms with E-state index in [1.807, 2.05) is 31.5 Å². The average Bonchev–Trinajstić information content (AvgIpc) is 3.33. The highest BCUT2D eigenvalue weighted by atomic mass is 32.1. The van der Waals surface area contributed by atoms with Gasteiger partial charge in [0.25, 0.3) is 0 Å². The summed E-state index contributed by atoms with van der Waals surface area (Å²) >= 11 is 1.55. The highest BCUT2D eigenvalue weighted by molar-refractivity contribution is 7.17.